The second-order valence-electron chi connectivity index (χ2n) is 7.62. The molecule has 33 heavy (non-hydrogen) atoms. The van der Waals surface area contributed by atoms with Gasteiger partial charge in [-0.05, 0) is 49.7 Å². The van der Waals surface area contributed by atoms with Gasteiger partial charge in [0.1, 0.15) is 5.75 Å². The van der Waals surface area contributed by atoms with E-state index in [2.05, 4.69) is 15.5 Å². The van der Waals surface area contributed by atoms with Gasteiger partial charge in [0.2, 0.25) is 17.6 Å². The predicted octanol–water partition coefficient (Wildman–Crippen LogP) is 4.53. The molecule has 0 aliphatic heterocycles. The first-order chi connectivity index (χ1) is 15.9. The maximum atomic E-state index is 12.7. The molecular formula is C24H26ClN3O5. The molecule has 1 heterocycles. The number of methoxy groups -OCH3 is 1. The summed E-state index contributed by atoms with van der Waals surface area (Å²) < 4.78 is 15.7. The highest BCUT2D eigenvalue weighted by Gasteiger charge is 2.22. The van der Waals surface area contributed by atoms with Crippen LogP contribution in [0.5, 0.6) is 5.75 Å². The van der Waals surface area contributed by atoms with E-state index < -0.39 is 12.0 Å². The maximum Gasteiger partial charge on any atom is 0.308 e. The van der Waals surface area contributed by atoms with Crippen LogP contribution in [0, 0.1) is 0 Å². The fourth-order valence-corrected chi connectivity index (χ4v) is 3.44. The predicted molar refractivity (Wildman–Crippen MR) is 123 cm³/mol. The lowest BCUT2D eigenvalue weighted by atomic mass is 10.0. The Morgan fingerprint density at radius 1 is 1.12 bits per heavy atom. The van der Waals surface area contributed by atoms with Crippen molar-refractivity contribution in [2.75, 3.05) is 7.11 Å². The zero-order valence-corrected chi connectivity index (χ0v) is 19.5. The molecule has 0 spiro atoms. The third kappa shape index (κ3) is 7.05. The molecule has 2 aromatic carbocycles. The van der Waals surface area contributed by atoms with E-state index in [1.807, 2.05) is 12.1 Å². The van der Waals surface area contributed by atoms with Crippen LogP contribution in [0.1, 0.15) is 44.2 Å². The Morgan fingerprint density at radius 3 is 2.52 bits per heavy atom. The molecule has 0 saturated carbocycles. The third-order valence-corrected chi connectivity index (χ3v) is 5.08. The summed E-state index contributed by atoms with van der Waals surface area (Å²) in [5.74, 6) is 0.796. The van der Waals surface area contributed by atoms with Crippen LogP contribution in [-0.2, 0) is 20.7 Å². The van der Waals surface area contributed by atoms with Crippen molar-refractivity contribution in [2.24, 2.45) is 0 Å². The fraction of sp³-hybridized carbons (Fsp3) is 0.333. The van der Waals surface area contributed by atoms with Crippen LogP contribution in [0.4, 0.5) is 0 Å². The summed E-state index contributed by atoms with van der Waals surface area (Å²) in [6.45, 7) is 3.54. The van der Waals surface area contributed by atoms with E-state index in [0.29, 0.717) is 22.3 Å². The molecule has 1 unspecified atom stereocenters. The van der Waals surface area contributed by atoms with Crippen LogP contribution in [-0.4, -0.2) is 35.2 Å². The molecule has 1 aromatic heterocycles. The first-order valence-corrected chi connectivity index (χ1v) is 10.9. The molecule has 0 fully saturated rings. The first-order valence-electron chi connectivity index (χ1n) is 10.6. The number of carbonyl (C=O) groups excluding carboxylic acids is 2. The SMILES string of the molecule is COc1ccc(-c2noc(CCC(=O)NC(CC(=O)OC(C)C)c3ccccc3Cl)n2)cc1. The van der Waals surface area contributed by atoms with Crippen LogP contribution >= 0.6 is 11.6 Å². The van der Waals surface area contributed by atoms with Crippen LogP contribution < -0.4 is 10.1 Å². The molecule has 0 aliphatic carbocycles. The average Bonchev–Trinajstić information content (AvgIpc) is 3.26. The topological polar surface area (TPSA) is 104 Å². The number of rotatable bonds is 10. The van der Waals surface area contributed by atoms with E-state index in [1.165, 1.54) is 0 Å². The Hall–Kier alpha value is -3.39. The molecule has 0 radical (unpaired) electrons. The summed E-state index contributed by atoms with van der Waals surface area (Å²) in [4.78, 5) is 29.2. The van der Waals surface area contributed by atoms with Gasteiger partial charge in [-0.15, -0.1) is 0 Å². The smallest absolute Gasteiger partial charge is 0.308 e. The van der Waals surface area contributed by atoms with E-state index in [0.717, 1.165) is 11.3 Å². The highest BCUT2D eigenvalue weighted by molar-refractivity contribution is 6.31. The molecule has 1 amide bonds. The molecular weight excluding hydrogens is 446 g/mol. The number of ether oxygens (including phenoxy) is 2. The number of nitrogens with one attached hydrogen (secondary N) is 1. The summed E-state index contributed by atoms with van der Waals surface area (Å²) in [6.07, 6.45) is 0.0681. The lowest BCUT2D eigenvalue weighted by Gasteiger charge is -2.20. The van der Waals surface area contributed by atoms with Crippen molar-refractivity contribution in [1.29, 1.82) is 0 Å². The second-order valence-corrected chi connectivity index (χ2v) is 8.03. The number of hydrogen-bond donors (Lipinski definition) is 1. The highest BCUT2D eigenvalue weighted by Crippen LogP contribution is 2.26. The molecule has 3 aromatic rings. The number of halogens is 1. The number of amides is 1. The lowest BCUT2D eigenvalue weighted by molar-refractivity contribution is -0.148. The van der Waals surface area contributed by atoms with Crippen molar-refractivity contribution >= 4 is 23.5 Å². The van der Waals surface area contributed by atoms with Gasteiger partial charge in [-0.25, -0.2) is 0 Å². The Kier molecular flexibility index (Phi) is 8.43. The van der Waals surface area contributed by atoms with Crippen molar-refractivity contribution in [3.8, 4) is 17.1 Å². The number of benzene rings is 2. The van der Waals surface area contributed by atoms with Crippen molar-refractivity contribution in [3.63, 3.8) is 0 Å². The van der Waals surface area contributed by atoms with Crippen molar-refractivity contribution in [2.45, 2.75) is 45.3 Å². The fourth-order valence-electron chi connectivity index (χ4n) is 3.17. The zero-order chi connectivity index (χ0) is 23.8. The minimum Gasteiger partial charge on any atom is -0.497 e. The van der Waals surface area contributed by atoms with E-state index in [4.69, 9.17) is 25.6 Å². The van der Waals surface area contributed by atoms with Gasteiger partial charge in [-0.3, -0.25) is 9.59 Å². The molecule has 1 atom stereocenters. The Labute approximate surface area is 197 Å². The average molecular weight is 472 g/mol. The molecule has 0 aliphatic rings. The van der Waals surface area contributed by atoms with Crippen molar-refractivity contribution < 1.29 is 23.6 Å². The molecule has 0 saturated heterocycles. The van der Waals surface area contributed by atoms with Crippen LogP contribution in [0.2, 0.25) is 5.02 Å². The number of carbonyl (C=O) groups is 2. The van der Waals surface area contributed by atoms with Crippen molar-refractivity contribution in [3.05, 3.63) is 65.0 Å². The third-order valence-electron chi connectivity index (χ3n) is 4.74. The minimum absolute atomic E-state index is 0.0319. The standard InChI is InChI=1S/C24H26ClN3O5/c1-15(2)32-23(30)14-20(18-6-4-5-7-19(18)25)26-21(29)12-13-22-27-24(28-33-22)16-8-10-17(31-3)11-9-16/h4-11,15,20H,12-14H2,1-3H3,(H,26,29). The number of nitrogens with zero attached hydrogens (tertiary/aromatic N) is 2. The lowest BCUT2D eigenvalue weighted by Crippen LogP contribution is -2.31. The molecule has 1 N–H and O–H groups in total. The summed E-state index contributed by atoms with van der Waals surface area (Å²) in [5, 5.41) is 7.30. The van der Waals surface area contributed by atoms with Gasteiger partial charge in [0.15, 0.2) is 0 Å². The number of aryl methyl sites for hydroxylation is 1. The number of esters is 1. The van der Waals surface area contributed by atoms with E-state index in [9.17, 15) is 9.59 Å². The zero-order valence-electron chi connectivity index (χ0n) is 18.7. The molecule has 8 nitrogen and oxygen atoms in total. The molecule has 3 rings (SSSR count). The molecule has 174 valence electrons. The summed E-state index contributed by atoms with van der Waals surface area (Å²) in [7, 11) is 1.59. The van der Waals surface area contributed by atoms with E-state index in [-0.39, 0.29) is 31.3 Å². The minimum atomic E-state index is -0.616. The van der Waals surface area contributed by atoms with Gasteiger partial charge in [0, 0.05) is 23.4 Å². The largest absolute Gasteiger partial charge is 0.497 e. The van der Waals surface area contributed by atoms with Gasteiger partial charge in [-0.1, -0.05) is 35.0 Å². The highest BCUT2D eigenvalue weighted by atomic mass is 35.5. The number of aromatic nitrogens is 2. The summed E-state index contributed by atoms with van der Waals surface area (Å²) in [6, 6.07) is 13.7. The normalized spacial score (nSPS) is 11.8. The van der Waals surface area contributed by atoms with Crippen LogP contribution in [0.3, 0.4) is 0 Å². The Morgan fingerprint density at radius 2 is 1.85 bits per heavy atom. The summed E-state index contributed by atoms with van der Waals surface area (Å²) in [5.41, 5.74) is 1.42. The summed E-state index contributed by atoms with van der Waals surface area (Å²) >= 11 is 6.30. The second kappa shape index (κ2) is 11.5. The molecule has 9 heteroatoms. The van der Waals surface area contributed by atoms with Gasteiger partial charge in [0.25, 0.3) is 0 Å². The van der Waals surface area contributed by atoms with E-state index in [1.54, 1.807) is 57.4 Å². The van der Waals surface area contributed by atoms with Crippen molar-refractivity contribution in [1.82, 2.24) is 15.5 Å². The monoisotopic (exact) mass is 471 g/mol. The van der Waals surface area contributed by atoms with Gasteiger partial charge in [0.05, 0.1) is 25.7 Å². The van der Waals surface area contributed by atoms with Crippen LogP contribution in [0.25, 0.3) is 11.4 Å². The van der Waals surface area contributed by atoms with E-state index >= 15 is 0 Å². The van der Waals surface area contributed by atoms with Gasteiger partial charge >= 0.3 is 5.97 Å². The van der Waals surface area contributed by atoms with Gasteiger partial charge < -0.3 is 19.3 Å². The number of hydrogen-bond acceptors (Lipinski definition) is 7. The molecule has 0 bridgehead atoms. The van der Waals surface area contributed by atoms with Gasteiger partial charge in [-0.2, -0.15) is 4.98 Å². The Balaban J connectivity index is 1.62. The first kappa shape index (κ1) is 24.3. The maximum absolute atomic E-state index is 12.7. The Bertz CT molecular complexity index is 1080. The quantitative estimate of drug-likeness (QED) is 0.433. The van der Waals surface area contributed by atoms with Crippen LogP contribution in [0.15, 0.2) is 53.1 Å².